The van der Waals surface area contributed by atoms with Crippen molar-refractivity contribution >= 4 is 15.9 Å². The Morgan fingerprint density at radius 2 is 1.85 bits per heavy atom. The molecule has 0 atom stereocenters. The molecule has 0 spiro atoms. The highest BCUT2D eigenvalue weighted by atomic mass is 32.2. The van der Waals surface area contributed by atoms with Gasteiger partial charge in [0.05, 0.1) is 4.90 Å². The Balaban J connectivity index is 1.55. The van der Waals surface area contributed by atoms with Gasteiger partial charge in [-0.15, -0.1) is 0 Å². The van der Waals surface area contributed by atoms with E-state index >= 15 is 0 Å². The Hall–Kier alpha value is -3.30. The number of carbonyl (C=O) groups excluding carboxylic acids is 1. The molecule has 4 rings (SSSR count). The SMILES string of the molecule is Cc1ccc(S(=O)(=O)N2CCOc3ccc(C(=O)NCc4ccccc4F)cc3C2)cc1F. The van der Waals surface area contributed by atoms with Crippen molar-refractivity contribution in [3.8, 4) is 5.75 Å². The molecule has 1 aliphatic rings. The quantitative estimate of drug-likeness (QED) is 0.613. The molecule has 33 heavy (non-hydrogen) atoms. The van der Waals surface area contributed by atoms with Crippen LogP contribution in [-0.4, -0.2) is 31.8 Å². The number of halogens is 2. The number of aryl methyl sites for hydroxylation is 1. The average Bonchev–Trinajstić information content (AvgIpc) is 3.02. The second kappa shape index (κ2) is 9.29. The van der Waals surface area contributed by atoms with Gasteiger partial charge in [-0.1, -0.05) is 24.3 Å². The van der Waals surface area contributed by atoms with Crippen molar-refractivity contribution in [2.45, 2.75) is 24.9 Å². The zero-order valence-corrected chi connectivity index (χ0v) is 18.7. The molecule has 0 saturated carbocycles. The summed E-state index contributed by atoms with van der Waals surface area (Å²) in [5.41, 5.74) is 1.49. The van der Waals surface area contributed by atoms with Crippen LogP contribution in [0.1, 0.15) is 27.0 Å². The van der Waals surface area contributed by atoms with Gasteiger partial charge < -0.3 is 10.1 Å². The molecule has 9 heteroatoms. The number of nitrogens with zero attached hydrogens (tertiary/aromatic N) is 1. The van der Waals surface area contributed by atoms with Crippen LogP contribution in [0.4, 0.5) is 8.78 Å². The zero-order chi connectivity index (χ0) is 23.6. The average molecular weight is 473 g/mol. The monoisotopic (exact) mass is 472 g/mol. The summed E-state index contributed by atoms with van der Waals surface area (Å²) in [6, 6.07) is 14.7. The third kappa shape index (κ3) is 4.89. The number of nitrogens with one attached hydrogen (secondary N) is 1. The first kappa shape index (κ1) is 22.9. The predicted octanol–water partition coefficient (Wildman–Crippen LogP) is 3.79. The molecule has 1 amide bonds. The lowest BCUT2D eigenvalue weighted by atomic mass is 10.1. The van der Waals surface area contributed by atoms with E-state index in [9.17, 15) is 22.0 Å². The number of carbonyl (C=O) groups is 1. The van der Waals surface area contributed by atoms with Gasteiger partial charge in [-0.05, 0) is 48.9 Å². The van der Waals surface area contributed by atoms with Gasteiger partial charge in [0.15, 0.2) is 0 Å². The molecule has 6 nitrogen and oxygen atoms in total. The Kier molecular flexibility index (Phi) is 6.44. The maximum atomic E-state index is 14.0. The van der Waals surface area contributed by atoms with E-state index in [4.69, 9.17) is 4.74 Å². The number of amides is 1. The molecule has 172 valence electrons. The fourth-order valence-corrected chi connectivity index (χ4v) is 4.93. The minimum absolute atomic E-state index is 0.0125. The molecule has 1 N–H and O–H groups in total. The van der Waals surface area contributed by atoms with Gasteiger partial charge in [-0.3, -0.25) is 4.79 Å². The van der Waals surface area contributed by atoms with Gasteiger partial charge in [0.1, 0.15) is 24.0 Å². The van der Waals surface area contributed by atoms with E-state index < -0.39 is 27.6 Å². The lowest BCUT2D eigenvalue weighted by Gasteiger charge is -2.20. The smallest absolute Gasteiger partial charge is 0.251 e. The largest absolute Gasteiger partial charge is 0.492 e. The predicted molar refractivity (Wildman–Crippen MR) is 118 cm³/mol. The van der Waals surface area contributed by atoms with Crippen LogP contribution in [0.5, 0.6) is 5.75 Å². The fourth-order valence-electron chi connectivity index (χ4n) is 3.52. The van der Waals surface area contributed by atoms with E-state index in [-0.39, 0.29) is 36.7 Å². The maximum absolute atomic E-state index is 14.0. The number of rotatable bonds is 5. The fraction of sp³-hybridized carbons (Fsp3) is 0.208. The Morgan fingerprint density at radius 1 is 1.06 bits per heavy atom. The summed E-state index contributed by atoms with van der Waals surface area (Å²) in [6.45, 7) is 1.71. The molecule has 1 aliphatic heterocycles. The zero-order valence-electron chi connectivity index (χ0n) is 17.8. The van der Waals surface area contributed by atoms with E-state index in [1.165, 1.54) is 22.5 Å². The minimum atomic E-state index is -3.98. The van der Waals surface area contributed by atoms with E-state index in [2.05, 4.69) is 5.32 Å². The lowest BCUT2D eigenvalue weighted by molar-refractivity contribution is 0.0950. The van der Waals surface area contributed by atoms with Crippen molar-refractivity contribution < 1.29 is 26.7 Å². The number of hydrogen-bond acceptors (Lipinski definition) is 4. The summed E-state index contributed by atoms with van der Waals surface area (Å²) in [5, 5.41) is 2.66. The van der Waals surface area contributed by atoms with Crippen molar-refractivity contribution in [2.75, 3.05) is 13.2 Å². The van der Waals surface area contributed by atoms with Crippen molar-refractivity contribution in [2.24, 2.45) is 0 Å². The Labute approximate surface area is 190 Å². The van der Waals surface area contributed by atoms with E-state index in [1.54, 1.807) is 43.3 Å². The van der Waals surface area contributed by atoms with Crippen LogP contribution < -0.4 is 10.1 Å². The van der Waals surface area contributed by atoms with Crippen molar-refractivity contribution in [3.05, 3.63) is 94.6 Å². The van der Waals surface area contributed by atoms with Crippen LogP contribution in [0.2, 0.25) is 0 Å². The van der Waals surface area contributed by atoms with Gasteiger partial charge in [0.25, 0.3) is 5.91 Å². The van der Waals surface area contributed by atoms with E-state index in [1.807, 2.05) is 0 Å². The van der Waals surface area contributed by atoms with E-state index in [0.29, 0.717) is 22.4 Å². The standard InChI is InChI=1S/C24H22F2N2O4S/c1-16-6-8-20(13-22(16)26)33(30,31)28-10-11-32-23-9-7-17(12-19(23)15-28)24(29)27-14-18-4-2-3-5-21(18)25/h2-9,12-13H,10-11,14-15H2,1H3,(H,27,29). The summed E-state index contributed by atoms with van der Waals surface area (Å²) < 4.78 is 60.9. The van der Waals surface area contributed by atoms with Crippen molar-refractivity contribution in [1.29, 1.82) is 0 Å². The van der Waals surface area contributed by atoms with Crippen LogP contribution in [-0.2, 0) is 23.1 Å². The first-order valence-electron chi connectivity index (χ1n) is 10.3. The summed E-state index contributed by atoms with van der Waals surface area (Å²) in [5.74, 6) is -0.980. The second-order valence-electron chi connectivity index (χ2n) is 7.69. The number of ether oxygens (including phenoxy) is 1. The van der Waals surface area contributed by atoms with Crippen LogP contribution in [0.3, 0.4) is 0 Å². The van der Waals surface area contributed by atoms with Crippen LogP contribution >= 0.6 is 0 Å². The van der Waals surface area contributed by atoms with E-state index in [0.717, 1.165) is 6.07 Å². The van der Waals surface area contributed by atoms with Gasteiger partial charge >= 0.3 is 0 Å². The molecular formula is C24H22F2N2O4S. The Morgan fingerprint density at radius 3 is 2.61 bits per heavy atom. The van der Waals surface area contributed by atoms with Crippen LogP contribution in [0.25, 0.3) is 0 Å². The molecule has 3 aromatic carbocycles. The van der Waals surface area contributed by atoms with Gasteiger partial charge in [0.2, 0.25) is 10.0 Å². The number of fused-ring (bicyclic) bond motifs is 1. The third-order valence-corrected chi connectivity index (χ3v) is 7.29. The molecule has 1 heterocycles. The minimum Gasteiger partial charge on any atom is -0.492 e. The topological polar surface area (TPSA) is 75.7 Å². The molecular weight excluding hydrogens is 450 g/mol. The molecule has 0 radical (unpaired) electrons. The first-order valence-corrected chi connectivity index (χ1v) is 11.7. The van der Waals surface area contributed by atoms with Crippen LogP contribution in [0.15, 0.2) is 65.6 Å². The summed E-state index contributed by atoms with van der Waals surface area (Å²) in [6.07, 6.45) is 0. The summed E-state index contributed by atoms with van der Waals surface area (Å²) in [7, 11) is -3.98. The normalized spacial score (nSPS) is 14.2. The highest BCUT2D eigenvalue weighted by molar-refractivity contribution is 7.89. The highest BCUT2D eigenvalue weighted by Gasteiger charge is 2.28. The molecule has 0 fully saturated rings. The number of benzene rings is 3. The molecule has 0 aliphatic carbocycles. The van der Waals surface area contributed by atoms with Crippen LogP contribution in [0, 0.1) is 18.6 Å². The second-order valence-corrected chi connectivity index (χ2v) is 9.63. The number of hydrogen-bond donors (Lipinski definition) is 1. The van der Waals surface area contributed by atoms with Crippen molar-refractivity contribution in [3.63, 3.8) is 0 Å². The molecule has 0 unspecified atom stereocenters. The first-order chi connectivity index (χ1) is 15.8. The van der Waals surface area contributed by atoms with Gasteiger partial charge in [-0.25, -0.2) is 17.2 Å². The summed E-state index contributed by atoms with van der Waals surface area (Å²) >= 11 is 0. The molecule has 3 aromatic rings. The highest BCUT2D eigenvalue weighted by Crippen LogP contribution is 2.28. The van der Waals surface area contributed by atoms with Crippen molar-refractivity contribution in [1.82, 2.24) is 9.62 Å². The lowest BCUT2D eigenvalue weighted by Crippen LogP contribution is -2.32. The van der Waals surface area contributed by atoms with Gasteiger partial charge in [0, 0.05) is 36.3 Å². The molecule has 0 bridgehead atoms. The van der Waals surface area contributed by atoms with Gasteiger partial charge in [-0.2, -0.15) is 4.31 Å². The molecule has 0 aromatic heterocycles. The number of sulfonamides is 1. The third-order valence-electron chi connectivity index (χ3n) is 5.45. The Bertz CT molecular complexity index is 1310. The summed E-state index contributed by atoms with van der Waals surface area (Å²) in [4.78, 5) is 12.5. The maximum Gasteiger partial charge on any atom is 0.251 e. The molecule has 0 saturated heterocycles.